The molecule has 3 rings (SSSR count). The first kappa shape index (κ1) is 15.1. The molecule has 0 radical (unpaired) electrons. The molecule has 0 saturated carbocycles. The van der Waals surface area contributed by atoms with E-state index in [9.17, 15) is 4.79 Å². The molecule has 0 unspecified atom stereocenters. The predicted molar refractivity (Wildman–Crippen MR) is 90.1 cm³/mol. The van der Waals surface area contributed by atoms with Gasteiger partial charge in [0, 0.05) is 6.20 Å². The van der Waals surface area contributed by atoms with Gasteiger partial charge in [0.15, 0.2) is 0 Å². The topological polar surface area (TPSA) is 55.6 Å². The van der Waals surface area contributed by atoms with Crippen LogP contribution < -0.4 is 10.1 Å². The summed E-state index contributed by atoms with van der Waals surface area (Å²) >= 11 is 0. The fourth-order valence-electron chi connectivity index (χ4n) is 2.56. The molecule has 3 aromatic rings. The van der Waals surface area contributed by atoms with Crippen molar-refractivity contribution in [2.75, 3.05) is 11.9 Å². The van der Waals surface area contributed by atoms with Gasteiger partial charge in [-0.2, -0.15) is 0 Å². The second-order valence-electron chi connectivity index (χ2n) is 5.07. The number of aromatic nitrogens is 2. The summed E-state index contributed by atoms with van der Waals surface area (Å²) in [7, 11) is 0. The van der Waals surface area contributed by atoms with E-state index in [0.717, 1.165) is 11.3 Å². The summed E-state index contributed by atoms with van der Waals surface area (Å²) in [4.78, 5) is 17.3. The Bertz CT molecular complexity index is 839. The van der Waals surface area contributed by atoms with E-state index in [2.05, 4.69) is 10.3 Å². The standard InChI is InChI=1S/C18H19N3O2/c1-3-13-17(21-12-8-7-11-16(21)19-13)18(22)20-14-9-5-6-10-15(14)23-4-2/h5-12H,3-4H2,1-2H3,(H,20,22). The number of carbonyl (C=O) groups is 1. The third kappa shape index (κ3) is 2.90. The Kier molecular flexibility index (Phi) is 4.28. The number of para-hydroxylation sites is 2. The maximum Gasteiger partial charge on any atom is 0.274 e. The van der Waals surface area contributed by atoms with Crippen LogP contribution in [0.1, 0.15) is 30.0 Å². The first-order valence-electron chi connectivity index (χ1n) is 7.73. The summed E-state index contributed by atoms with van der Waals surface area (Å²) in [5.74, 6) is 0.475. The monoisotopic (exact) mass is 309 g/mol. The highest BCUT2D eigenvalue weighted by Crippen LogP contribution is 2.25. The van der Waals surface area contributed by atoms with E-state index in [1.165, 1.54) is 0 Å². The Morgan fingerprint density at radius 2 is 1.96 bits per heavy atom. The lowest BCUT2D eigenvalue weighted by Gasteiger charge is -2.11. The largest absolute Gasteiger partial charge is 0.492 e. The molecule has 0 aliphatic heterocycles. The minimum absolute atomic E-state index is 0.187. The van der Waals surface area contributed by atoms with Crippen molar-refractivity contribution in [1.82, 2.24) is 9.38 Å². The summed E-state index contributed by atoms with van der Waals surface area (Å²) < 4.78 is 7.38. The molecule has 5 nitrogen and oxygen atoms in total. The Balaban J connectivity index is 1.98. The van der Waals surface area contributed by atoms with Crippen LogP contribution in [0.5, 0.6) is 5.75 Å². The first-order valence-corrected chi connectivity index (χ1v) is 7.73. The number of amides is 1. The smallest absolute Gasteiger partial charge is 0.274 e. The minimum atomic E-state index is -0.187. The van der Waals surface area contributed by atoms with Gasteiger partial charge in [0.05, 0.1) is 18.0 Å². The van der Waals surface area contributed by atoms with Crippen LogP contribution in [0.25, 0.3) is 5.65 Å². The first-order chi connectivity index (χ1) is 11.2. The molecule has 0 atom stereocenters. The number of rotatable bonds is 5. The summed E-state index contributed by atoms with van der Waals surface area (Å²) in [5.41, 5.74) is 2.77. The maximum atomic E-state index is 12.8. The van der Waals surface area contributed by atoms with E-state index in [0.29, 0.717) is 30.2 Å². The van der Waals surface area contributed by atoms with E-state index < -0.39 is 0 Å². The molecule has 1 amide bonds. The molecule has 0 aliphatic carbocycles. The SMILES string of the molecule is CCOc1ccccc1NC(=O)c1c(CC)nc2ccccn12. The Morgan fingerprint density at radius 1 is 1.17 bits per heavy atom. The maximum absolute atomic E-state index is 12.8. The number of hydrogen-bond acceptors (Lipinski definition) is 3. The molecule has 2 aromatic heterocycles. The highest BCUT2D eigenvalue weighted by atomic mass is 16.5. The number of anilines is 1. The van der Waals surface area contributed by atoms with Crippen LogP contribution in [0.3, 0.4) is 0 Å². The number of carbonyl (C=O) groups excluding carboxylic acids is 1. The van der Waals surface area contributed by atoms with Crippen LogP contribution in [0, 0.1) is 0 Å². The fourth-order valence-corrected chi connectivity index (χ4v) is 2.56. The lowest BCUT2D eigenvalue weighted by molar-refractivity contribution is 0.102. The van der Waals surface area contributed by atoms with Crippen LogP contribution >= 0.6 is 0 Å². The number of hydrogen-bond donors (Lipinski definition) is 1. The van der Waals surface area contributed by atoms with Crippen molar-refractivity contribution >= 4 is 17.2 Å². The van der Waals surface area contributed by atoms with E-state index >= 15 is 0 Å². The number of imidazole rings is 1. The Morgan fingerprint density at radius 3 is 2.74 bits per heavy atom. The number of nitrogens with zero attached hydrogens (tertiary/aromatic N) is 2. The van der Waals surface area contributed by atoms with Gasteiger partial charge in [0.1, 0.15) is 17.1 Å². The zero-order chi connectivity index (χ0) is 16.2. The predicted octanol–water partition coefficient (Wildman–Crippen LogP) is 3.55. The molecule has 23 heavy (non-hydrogen) atoms. The van der Waals surface area contributed by atoms with Crippen molar-refractivity contribution in [3.05, 3.63) is 60.0 Å². The number of nitrogens with one attached hydrogen (secondary N) is 1. The van der Waals surface area contributed by atoms with Crippen molar-refractivity contribution in [2.24, 2.45) is 0 Å². The molecule has 1 N–H and O–H groups in total. The highest BCUT2D eigenvalue weighted by Gasteiger charge is 2.19. The molecule has 118 valence electrons. The zero-order valence-electron chi connectivity index (χ0n) is 13.2. The van der Waals surface area contributed by atoms with Gasteiger partial charge in [-0.05, 0) is 37.6 Å². The van der Waals surface area contributed by atoms with Crippen molar-refractivity contribution in [1.29, 1.82) is 0 Å². The molecular weight excluding hydrogens is 290 g/mol. The van der Waals surface area contributed by atoms with E-state index in [1.807, 2.05) is 66.9 Å². The van der Waals surface area contributed by atoms with Crippen LogP contribution in [-0.4, -0.2) is 21.9 Å². The summed E-state index contributed by atoms with van der Waals surface area (Å²) in [6.07, 6.45) is 2.54. The Labute approximate surface area is 134 Å². The second kappa shape index (κ2) is 6.52. The van der Waals surface area contributed by atoms with Crippen LogP contribution in [-0.2, 0) is 6.42 Å². The highest BCUT2D eigenvalue weighted by molar-refractivity contribution is 6.05. The molecule has 0 spiro atoms. The van der Waals surface area contributed by atoms with Crippen molar-refractivity contribution < 1.29 is 9.53 Å². The fraction of sp³-hybridized carbons (Fsp3) is 0.222. The van der Waals surface area contributed by atoms with Gasteiger partial charge in [-0.25, -0.2) is 4.98 Å². The zero-order valence-corrected chi connectivity index (χ0v) is 13.2. The number of benzene rings is 1. The third-order valence-electron chi connectivity index (χ3n) is 3.59. The lowest BCUT2D eigenvalue weighted by atomic mass is 10.2. The van der Waals surface area contributed by atoms with E-state index in [-0.39, 0.29) is 5.91 Å². The van der Waals surface area contributed by atoms with Crippen molar-refractivity contribution in [2.45, 2.75) is 20.3 Å². The average molecular weight is 309 g/mol. The molecule has 5 heteroatoms. The molecule has 0 bridgehead atoms. The van der Waals surface area contributed by atoms with Crippen LogP contribution in [0.4, 0.5) is 5.69 Å². The quantitative estimate of drug-likeness (QED) is 0.784. The number of ether oxygens (including phenoxy) is 1. The average Bonchev–Trinajstić information content (AvgIpc) is 2.95. The molecule has 0 saturated heterocycles. The van der Waals surface area contributed by atoms with Crippen molar-refractivity contribution in [3.63, 3.8) is 0 Å². The van der Waals surface area contributed by atoms with Crippen LogP contribution in [0.2, 0.25) is 0 Å². The summed E-state index contributed by atoms with van der Waals surface area (Å²) in [6.45, 7) is 4.45. The van der Waals surface area contributed by atoms with Gasteiger partial charge in [-0.3, -0.25) is 9.20 Å². The van der Waals surface area contributed by atoms with Gasteiger partial charge < -0.3 is 10.1 Å². The molecule has 1 aromatic carbocycles. The van der Waals surface area contributed by atoms with Gasteiger partial charge in [-0.1, -0.05) is 25.1 Å². The van der Waals surface area contributed by atoms with Gasteiger partial charge in [0.2, 0.25) is 0 Å². The molecular formula is C18H19N3O2. The van der Waals surface area contributed by atoms with Gasteiger partial charge in [-0.15, -0.1) is 0 Å². The number of fused-ring (bicyclic) bond motifs is 1. The molecule has 0 fully saturated rings. The molecule has 0 aliphatic rings. The summed E-state index contributed by atoms with van der Waals surface area (Å²) in [6, 6.07) is 13.1. The lowest BCUT2D eigenvalue weighted by Crippen LogP contribution is -2.17. The molecule has 2 heterocycles. The third-order valence-corrected chi connectivity index (χ3v) is 3.59. The van der Waals surface area contributed by atoms with Gasteiger partial charge in [0.25, 0.3) is 5.91 Å². The summed E-state index contributed by atoms with van der Waals surface area (Å²) in [5, 5.41) is 2.94. The van der Waals surface area contributed by atoms with Crippen LogP contribution in [0.15, 0.2) is 48.7 Å². The Hall–Kier alpha value is -2.82. The number of pyridine rings is 1. The van der Waals surface area contributed by atoms with E-state index in [4.69, 9.17) is 4.74 Å². The van der Waals surface area contributed by atoms with Crippen molar-refractivity contribution in [3.8, 4) is 5.75 Å². The normalized spacial score (nSPS) is 10.7. The number of aryl methyl sites for hydroxylation is 1. The van der Waals surface area contributed by atoms with Gasteiger partial charge >= 0.3 is 0 Å². The minimum Gasteiger partial charge on any atom is -0.492 e. The van der Waals surface area contributed by atoms with E-state index in [1.54, 1.807) is 0 Å². The second-order valence-corrected chi connectivity index (χ2v) is 5.07.